The van der Waals surface area contributed by atoms with Crippen LogP contribution in [0.4, 0.5) is 0 Å². The van der Waals surface area contributed by atoms with Crippen LogP contribution in [-0.2, 0) is 5.75 Å². The lowest BCUT2D eigenvalue weighted by molar-refractivity contribution is 0.0955. The van der Waals surface area contributed by atoms with E-state index in [0.717, 1.165) is 35.5 Å². The van der Waals surface area contributed by atoms with Gasteiger partial charge in [0.05, 0.1) is 5.05 Å². The van der Waals surface area contributed by atoms with Crippen molar-refractivity contribution in [2.75, 3.05) is 13.1 Å². The van der Waals surface area contributed by atoms with Crippen molar-refractivity contribution in [1.29, 1.82) is 0 Å². The van der Waals surface area contributed by atoms with E-state index in [0.29, 0.717) is 23.7 Å². The van der Waals surface area contributed by atoms with Crippen LogP contribution in [0.3, 0.4) is 0 Å². The fourth-order valence-corrected chi connectivity index (χ4v) is 3.25. The van der Waals surface area contributed by atoms with Gasteiger partial charge in [0.15, 0.2) is 0 Å². The summed E-state index contributed by atoms with van der Waals surface area (Å²) in [6.45, 7) is 0.911. The summed E-state index contributed by atoms with van der Waals surface area (Å²) in [7, 11) is 0. The third kappa shape index (κ3) is 4.64. The predicted molar refractivity (Wildman–Crippen MR) is 88.9 cm³/mol. The Morgan fingerprint density at radius 2 is 2.00 bits per heavy atom. The van der Waals surface area contributed by atoms with Gasteiger partial charge >= 0.3 is 0 Å². The number of thiol groups is 1. The first-order valence-corrected chi connectivity index (χ1v) is 8.24. The molecule has 0 radical (unpaired) electrons. The molecule has 1 aromatic carbocycles. The minimum atomic E-state index is -0.109. The van der Waals surface area contributed by atoms with E-state index in [1.165, 1.54) is 0 Å². The minimum absolute atomic E-state index is 0.109. The van der Waals surface area contributed by atoms with Crippen LogP contribution in [0.15, 0.2) is 24.3 Å². The molecule has 2 rings (SSSR count). The van der Waals surface area contributed by atoms with E-state index in [2.05, 4.69) is 5.32 Å². The van der Waals surface area contributed by atoms with Crippen molar-refractivity contribution in [3.63, 3.8) is 0 Å². The van der Waals surface area contributed by atoms with Gasteiger partial charge in [-0.25, -0.2) is 0 Å². The Balaban J connectivity index is 1.87. The van der Waals surface area contributed by atoms with Gasteiger partial charge in [0.25, 0.3) is 5.91 Å². The van der Waals surface area contributed by atoms with Gasteiger partial charge in [-0.1, -0.05) is 12.1 Å². The molecule has 1 aliphatic rings. The maximum atomic E-state index is 11.7. The van der Waals surface area contributed by atoms with E-state index in [1.54, 1.807) is 12.1 Å². The molecular weight excluding hydrogens is 286 g/mol. The second-order valence-electron chi connectivity index (χ2n) is 5.34. The van der Waals surface area contributed by atoms with E-state index in [-0.39, 0.29) is 17.9 Å². The summed E-state index contributed by atoms with van der Waals surface area (Å²) in [5, 5.41) is 13.2. The van der Waals surface area contributed by atoms with Gasteiger partial charge in [0.1, 0.15) is 0 Å². The second-order valence-corrected chi connectivity index (χ2v) is 6.43. The average Bonchev–Trinajstić information content (AvgIpc) is 2.47. The van der Waals surface area contributed by atoms with Crippen LogP contribution in [0, 0.1) is 5.92 Å². The molecule has 5 nitrogen and oxygen atoms in total. The molecule has 1 saturated carbocycles. The van der Waals surface area contributed by atoms with Crippen molar-refractivity contribution >= 4 is 22.3 Å². The second kappa shape index (κ2) is 7.70. The highest BCUT2D eigenvalue weighted by Gasteiger charge is 2.28. The lowest BCUT2D eigenvalue weighted by atomic mass is 9.82. The molecule has 6 N–H and O–H groups in total. The number of nitrogens with two attached hydrogens (primary N) is 2. The van der Waals surface area contributed by atoms with Gasteiger partial charge in [0.2, 0.25) is 0 Å². The molecule has 6 heteroatoms. The molecular formula is C15H23N3O2S. The first-order valence-electron chi connectivity index (χ1n) is 7.16. The smallest absolute Gasteiger partial charge is 0.251 e. The maximum absolute atomic E-state index is 11.7. The fourth-order valence-electron chi connectivity index (χ4n) is 2.22. The van der Waals surface area contributed by atoms with Gasteiger partial charge < -0.3 is 21.9 Å². The molecule has 0 bridgehead atoms. The summed E-state index contributed by atoms with van der Waals surface area (Å²) < 4.78 is 0. The standard InChI is InChI=1S/C15H23N3O2S/c16-5-6-18-14(19)11-3-1-10(2-4-11)9-21-15(20)12-7-13(17)8-12/h1-4,12-13,20-21H,5-9,16-17H2,(H,18,19)/t12-,13-. The van der Waals surface area contributed by atoms with Crippen molar-refractivity contribution in [1.82, 2.24) is 5.32 Å². The number of aliphatic hydroxyl groups excluding tert-OH is 1. The summed E-state index contributed by atoms with van der Waals surface area (Å²) in [5.74, 6) is 0.910. The number of amides is 1. The molecule has 0 aromatic heterocycles. The van der Waals surface area contributed by atoms with Crippen LogP contribution in [0.2, 0.25) is 0 Å². The van der Waals surface area contributed by atoms with Crippen LogP contribution >= 0.6 is 11.4 Å². The summed E-state index contributed by atoms with van der Waals surface area (Å²) in [6.07, 6.45) is 1.78. The molecule has 1 fully saturated rings. The zero-order valence-electron chi connectivity index (χ0n) is 12.0. The molecule has 0 atom stereocenters. The number of hydrogen-bond donors (Lipinski definition) is 5. The Morgan fingerprint density at radius 3 is 2.57 bits per heavy atom. The Morgan fingerprint density at radius 1 is 1.33 bits per heavy atom. The summed E-state index contributed by atoms with van der Waals surface area (Å²) in [6, 6.07) is 7.69. The number of aliphatic hydroxyl groups is 1. The molecule has 21 heavy (non-hydrogen) atoms. The first kappa shape index (κ1) is 16.2. The van der Waals surface area contributed by atoms with Crippen LogP contribution in [0.5, 0.6) is 0 Å². The third-order valence-corrected chi connectivity index (χ3v) is 4.82. The van der Waals surface area contributed by atoms with E-state index in [9.17, 15) is 9.90 Å². The zero-order valence-corrected chi connectivity index (χ0v) is 12.9. The third-order valence-electron chi connectivity index (χ3n) is 3.61. The molecule has 0 heterocycles. The number of nitrogens with one attached hydrogen (secondary N) is 1. The van der Waals surface area contributed by atoms with Crippen molar-refractivity contribution in [2.24, 2.45) is 17.4 Å². The number of carbonyl (C=O) groups is 1. The summed E-state index contributed by atoms with van der Waals surface area (Å²) in [5.41, 5.74) is 12.8. The van der Waals surface area contributed by atoms with Gasteiger partial charge in [0, 0.05) is 36.4 Å². The van der Waals surface area contributed by atoms with E-state index < -0.39 is 0 Å². The zero-order chi connectivity index (χ0) is 15.2. The number of benzene rings is 1. The summed E-state index contributed by atoms with van der Waals surface area (Å²) in [4.78, 5) is 11.7. The van der Waals surface area contributed by atoms with Gasteiger partial charge in [-0.05, 0) is 30.5 Å². The molecule has 1 aliphatic carbocycles. The monoisotopic (exact) mass is 309 g/mol. The van der Waals surface area contributed by atoms with Gasteiger partial charge in [-0.3, -0.25) is 4.79 Å². The molecule has 1 aromatic rings. The van der Waals surface area contributed by atoms with Crippen LogP contribution in [0.25, 0.3) is 0 Å². The molecule has 0 aliphatic heterocycles. The maximum Gasteiger partial charge on any atom is 0.251 e. The Hall–Kier alpha value is -1.21. The van der Waals surface area contributed by atoms with E-state index in [4.69, 9.17) is 11.5 Å². The normalized spacial score (nSPS) is 22.1. The minimum Gasteiger partial charge on any atom is -0.359 e. The lowest BCUT2D eigenvalue weighted by Crippen LogP contribution is -2.39. The predicted octanol–water partition coefficient (Wildman–Crippen LogP) is 0.766. The highest BCUT2D eigenvalue weighted by Crippen LogP contribution is 2.28. The molecule has 116 valence electrons. The average molecular weight is 309 g/mol. The molecule has 0 unspecified atom stereocenters. The van der Waals surface area contributed by atoms with Crippen molar-refractivity contribution < 1.29 is 9.90 Å². The highest BCUT2D eigenvalue weighted by atomic mass is 32.1. The first-order chi connectivity index (χ1) is 10.1. The topological polar surface area (TPSA) is 101 Å². The lowest BCUT2D eigenvalue weighted by Gasteiger charge is -2.31. The van der Waals surface area contributed by atoms with Crippen molar-refractivity contribution in [2.45, 2.75) is 24.6 Å². The fraction of sp³-hybridized carbons (Fsp3) is 0.467. The number of carbonyl (C=O) groups excluding carboxylic acids is 1. The SMILES string of the molecule is NCCNC(=O)c1ccc(C[SH]=C(O)[C@H]2C[C@H](N)C2)cc1. The number of rotatable bonds is 6. The number of hydrogen-bond acceptors (Lipinski definition) is 3. The molecule has 1 amide bonds. The van der Waals surface area contributed by atoms with Crippen LogP contribution in [-0.4, -0.2) is 35.2 Å². The quantitative estimate of drug-likeness (QED) is 0.396. The summed E-state index contributed by atoms with van der Waals surface area (Å²) >= 11 is 0.923. The van der Waals surface area contributed by atoms with Crippen molar-refractivity contribution in [3.05, 3.63) is 35.4 Å². The Kier molecular flexibility index (Phi) is 5.93. The Bertz CT molecular complexity index is 510. The van der Waals surface area contributed by atoms with Crippen LogP contribution < -0.4 is 16.8 Å². The molecule has 0 spiro atoms. The highest BCUT2D eigenvalue weighted by molar-refractivity contribution is 7.97. The molecule has 0 saturated heterocycles. The van der Waals surface area contributed by atoms with Crippen LogP contribution in [0.1, 0.15) is 28.8 Å². The van der Waals surface area contributed by atoms with Gasteiger partial charge in [-0.2, -0.15) is 11.4 Å². The Labute approximate surface area is 128 Å². The van der Waals surface area contributed by atoms with E-state index in [1.807, 2.05) is 12.1 Å². The van der Waals surface area contributed by atoms with Crippen molar-refractivity contribution in [3.8, 4) is 0 Å². The van der Waals surface area contributed by atoms with Gasteiger partial charge in [-0.15, -0.1) is 0 Å². The largest absolute Gasteiger partial charge is 0.359 e. The van der Waals surface area contributed by atoms with E-state index >= 15 is 0 Å².